The van der Waals surface area contributed by atoms with Crippen LogP contribution in [-0.2, 0) is 4.79 Å². The van der Waals surface area contributed by atoms with Crippen molar-refractivity contribution < 1.29 is 42.1 Å². The van der Waals surface area contributed by atoms with E-state index in [1.54, 1.807) is 23.7 Å². The number of ether oxygens (including phenoxy) is 2. The van der Waals surface area contributed by atoms with E-state index in [1.165, 1.54) is 7.11 Å². The summed E-state index contributed by atoms with van der Waals surface area (Å²) in [4.78, 5) is 18.7. The molecule has 3 aromatic rings. The minimum Gasteiger partial charge on any atom is -0.497 e. The van der Waals surface area contributed by atoms with Gasteiger partial charge in [0.2, 0.25) is 5.91 Å². The number of hydrogen-bond donors (Lipinski definition) is 3. The number of amides is 1. The standard InChI is InChI=1S/C27H29F4N3O5/c1-38-16-2-3-22-18(12-16)24(21(30)15-32-22)23(35)4-5-27(26(36)33-37)6-8-34(9-7-27)10-11-39-17-13-19(28)25(31)20(29)14-17/h2-3,12-15,23,35,37H,4-11H2,1H3,(H,33,36). The van der Waals surface area contributed by atoms with Crippen LogP contribution in [0.3, 0.4) is 0 Å². The van der Waals surface area contributed by atoms with E-state index in [2.05, 4.69) is 4.98 Å². The van der Waals surface area contributed by atoms with Crippen molar-refractivity contribution in [1.29, 1.82) is 0 Å². The predicted octanol–water partition coefficient (Wildman–Crippen LogP) is 4.28. The van der Waals surface area contributed by atoms with Crippen molar-refractivity contribution in [2.75, 3.05) is 33.4 Å². The van der Waals surface area contributed by atoms with E-state index in [1.807, 2.05) is 4.90 Å². The molecular weight excluding hydrogens is 522 g/mol. The summed E-state index contributed by atoms with van der Waals surface area (Å²) >= 11 is 0. The van der Waals surface area contributed by atoms with E-state index in [-0.39, 0.29) is 30.8 Å². The maximum atomic E-state index is 14.8. The third-order valence-corrected chi connectivity index (χ3v) is 7.33. The van der Waals surface area contributed by atoms with Crippen LogP contribution in [0, 0.1) is 28.7 Å². The number of fused-ring (bicyclic) bond motifs is 1. The van der Waals surface area contributed by atoms with E-state index in [0.717, 1.165) is 18.3 Å². The van der Waals surface area contributed by atoms with E-state index in [4.69, 9.17) is 9.47 Å². The normalized spacial score (nSPS) is 16.2. The molecule has 1 aliphatic heterocycles. The number of carbonyl (C=O) groups excluding carboxylic acids is 1. The fourth-order valence-corrected chi connectivity index (χ4v) is 5.01. The van der Waals surface area contributed by atoms with Crippen LogP contribution in [0.15, 0.2) is 36.5 Å². The lowest BCUT2D eigenvalue weighted by atomic mass is 9.73. The second-order valence-electron chi connectivity index (χ2n) is 9.57. The van der Waals surface area contributed by atoms with E-state index in [0.29, 0.717) is 49.1 Å². The van der Waals surface area contributed by atoms with Gasteiger partial charge in [-0.1, -0.05) is 0 Å². The summed E-state index contributed by atoms with van der Waals surface area (Å²) in [6.45, 7) is 1.31. The van der Waals surface area contributed by atoms with Crippen molar-refractivity contribution in [2.45, 2.75) is 31.8 Å². The van der Waals surface area contributed by atoms with Gasteiger partial charge in [0.15, 0.2) is 17.5 Å². The van der Waals surface area contributed by atoms with Gasteiger partial charge in [0, 0.05) is 29.6 Å². The first kappa shape index (κ1) is 28.5. The number of pyridine rings is 1. The van der Waals surface area contributed by atoms with Gasteiger partial charge in [0.05, 0.1) is 30.3 Å². The lowest BCUT2D eigenvalue weighted by Gasteiger charge is -2.40. The molecule has 0 radical (unpaired) electrons. The number of halogens is 4. The number of hydrogen-bond acceptors (Lipinski definition) is 7. The van der Waals surface area contributed by atoms with Crippen LogP contribution in [0.4, 0.5) is 17.6 Å². The molecule has 0 spiro atoms. The van der Waals surface area contributed by atoms with E-state index >= 15 is 0 Å². The first-order chi connectivity index (χ1) is 18.7. The molecule has 2 aromatic carbocycles. The van der Waals surface area contributed by atoms with Crippen LogP contribution in [-0.4, -0.2) is 59.5 Å². The molecule has 2 heterocycles. The number of likely N-dealkylation sites (tertiary alicyclic amines) is 1. The number of rotatable bonds is 10. The van der Waals surface area contributed by atoms with Crippen LogP contribution in [0.1, 0.15) is 37.4 Å². The summed E-state index contributed by atoms with van der Waals surface area (Å²) in [5.74, 6) is -5.19. The summed E-state index contributed by atoms with van der Waals surface area (Å²) in [7, 11) is 1.47. The van der Waals surface area contributed by atoms with E-state index in [9.17, 15) is 32.7 Å². The second kappa shape index (κ2) is 12.1. The topological polar surface area (TPSA) is 104 Å². The number of nitrogens with zero attached hydrogens (tertiary/aromatic N) is 2. The first-order valence-electron chi connectivity index (χ1n) is 12.4. The zero-order valence-corrected chi connectivity index (χ0v) is 21.2. The summed E-state index contributed by atoms with van der Waals surface area (Å²) in [5, 5.41) is 20.8. The monoisotopic (exact) mass is 551 g/mol. The highest BCUT2D eigenvalue weighted by molar-refractivity contribution is 5.84. The van der Waals surface area contributed by atoms with E-state index < -0.39 is 40.7 Å². The zero-order chi connectivity index (χ0) is 28.2. The Balaban J connectivity index is 1.39. The number of methoxy groups -OCH3 is 1. The Morgan fingerprint density at radius 3 is 2.44 bits per heavy atom. The highest BCUT2D eigenvalue weighted by Crippen LogP contribution is 2.40. The van der Waals surface area contributed by atoms with Crippen molar-refractivity contribution in [3.05, 3.63) is 65.4 Å². The molecule has 0 bridgehead atoms. The van der Waals surface area contributed by atoms with Gasteiger partial charge >= 0.3 is 0 Å². The Morgan fingerprint density at radius 2 is 1.79 bits per heavy atom. The molecule has 1 atom stereocenters. The molecular formula is C27H29F4N3O5. The molecule has 1 aromatic heterocycles. The molecule has 1 fully saturated rings. The molecule has 39 heavy (non-hydrogen) atoms. The van der Waals surface area contributed by atoms with Crippen LogP contribution >= 0.6 is 0 Å². The van der Waals surface area contributed by atoms with Gasteiger partial charge in [-0.15, -0.1) is 0 Å². The number of benzene rings is 2. The Morgan fingerprint density at radius 1 is 1.10 bits per heavy atom. The lowest BCUT2D eigenvalue weighted by Crippen LogP contribution is -2.49. The van der Waals surface area contributed by atoms with Crippen LogP contribution in [0.5, 0.6) is 11.5 Å². The fourth-order valence-electron chi connectivity index (χ4n) is 5.01. The largest absolute Gasteiger partial charge is 0.497 e. The molecule has 1 aliphatic rings. The summed E-state index contributed by atoms with van der Waals surface area (Å²) in [6.07, 6.45) is 0.684. The van der Waals surface area contributed by atoms with Crippen LogP contribution in [0.2, 0.25) is 0 Å². The predicted molar refractivity (Wildman–Crippen MR) is 132 cm³/mol. The van der Waals surface area contributed by atoms with Gasteiger partial charge in [-0.25, -0.2) is 23.0 Å². The maximum Gasteiger partial charge on any atom is 0.249 e. The maximum absolute atomic E-state index is 14.8. The Hall–Kier alpha value is -3.48. The molecule has 1 unspecified atom stereocenters. The van der Waals surface area contributed by atoms with Gasteiger partial charge in [0.1, 0.15) is 23.9 Å². The molecule has 1 amide bonds. The van der Waals surface area contributed by atoms with Gasteiger partial charge in [-0.05, 0) is 57.0 Å². The Bertz CT molecular complexity index is 1310. The summed E-state index contributed by atoms with van der Waals surface area (Å²) < 4.78 is 65.2. The quantitative estimate of drug-likeness (QED) is 0.150. The first-order valence-corrected chi connectivity index (χ1v) is 12.4. The molecule has 1 saturated heterocycles. The number of nitrogens with one attached hydrogen (secondary N) is 1. The van der Waals surface area contributed by atoms with Crippen molar-refractivity contribution in [3.8, 4) is 11.5 Å². The van der Waals surface area contributed by atoms with Gasteiger partial charge in [0.25, 0.3) is 0 Å². The molecule has 4 rings (SSSR count). The minimum absolute atomic E-state index is 0.0471. The lowest BCUT2D eigenvalue weighted by molar-refractivity contribution is -0.144. The third-order valence-electron chi connectivity index (χ3n) is 7.33. The van der Waals surface area contributed by atoms with Crippen LogP contribution < -0.4 is 15.0 Å². The second-order valence-corrected chi connectivity index (χ2v) is 9.57. The molecule has 3 N–H and O–H groups in total. The number of carbonyl (C=O) groups is 1. The molecule has 8 nitrogen and oxygen atoms in total. The Kier molecular flexibility index (Phi) is 8.88. The van der Waals surface area contributed by atoms with Crippen LogP contribution in [0.25, 0.3) is 10.9 Å². The number of aromatic nitrogens is 1. The van der Waals surface area contributed by atoms with Gasteiger partial charge in [-0.3, -0.25) is 19.9 Å². The van der Waals surface area contributed by atoms with Gasteiger partial charge < -0.3 is 14.6 Å². The summed E-state index contributed by atoms with van der Waals surface area (Å²) in [5.41, 5.74) is 1.26. The minimum atomic E-state index is -1.57. The number of piperidine rings is 1. The zero-order valence-electron chi connectivity index (χ0n) is 21.2. The number of aliphatic hydroxyl groups is 1. The average Bonchev–Trinajstić information content (AvgIpc) is 2.94. The number of aliphatic hydroxyl groups excluding tert-OH is 1. The molecule has 0 saturated carbocycles. The highest BCUT2D eigenvalue weighted by Gasteiger charge is 2.41. The molecule has 210 valence electrons. The van der Waals surface area contributed by atoms with Crippen molar-refractivity contribution >= 4 is 16.8 Å². The van der Waals surface area contributed by atoms with Gasteiger partial charge in [-0.2, -0.15) is 0 Å². The Labute approximate surface area is 222 Å². The third kappa shape index (κ3) is 6.23. The summed E-state index contributed by atoms with van der Waals surface area (Å²) in [6, 6.07) is 6.46. The fraction of sp³-hybridized carbons (Fsp3) is 0.407. The highest BCUT2D eigenvalue weighted by atomic mass is 19.2. The molecule has 12 heteroatoms. The number of hydroxylamine groups is 1. The SMILES string of the molecule is COc1ccc2ncc(F)c(C(O)CCC3(C(=O)NO)CCN(CCOc4cc(F)c(F)c(F)c4)CC3)c2c1. The average molecular weight is 552 g/mol. The van der Waals surface area contributed by atoms with Crippen molar-refractivity contribution in [1.82, 2.24) is 15.4 Å². The van der Waals surface area contributed by atoms with Crippen molar-refractivity contribution in [3.63, 3.8) is 0 Å². The van der Waals surface area contributed by atoms with Crippen molar-refractivity contribution in [2.24, 2.45) is 5.41 Å². The molecule has 0 aliphatic carbocycles. The smallest absolute Gasteiger partial charge is 0.249 e.